The first-order valence-corrected chi connectivity index (χ1v) is 40.4. The van der Waals surface area contributed by atoms with Gasteiger partial charge in [-0.15, -0.1) is 0 Å². The van der Waals surface area contributed by atoms with Crippen molar-refractivity contribution in [3.05, 3.63) is 48.6 Å². The second-order valence-electron chi connectivity index (χ2n) is 27.7. The van der Waals surface area contributed by atoms with Gasteiger partial charge in [0.15, 0.2) is 0 Å². The van der Waals surface area contributed by atoms with E-state index in [1.807, 2.05) is 0 Å². The first kappa shape index (κ1) is 86.8. The molecule has 0 heterocycles. The van der Waals surface area contributed by atoms with Crippen LogP contribution < -0.4 is 5.32 Å². The molecule has 2 unspecified atom stereocenters. The zero-order chi connectivity index (χ0) is 64.2. The highest BCUT2D eigenvalue weighted by Crippen LogP contribution is 2.20. The number of ether oxygens (including phenoxy) is 1. The molecule has 0 radical (unpaired) electrons. The fraction of sp³-hybridized carbons (Fsp3) is 0.880. The lowest BCUT2D eigenvalue weighted by molar-refractivity contribution is -0.143. The van der Waals surface area contributed by atoms with Crippen LogP contribution in [-0.2, 0) is 14.3 Å². The van der Waals surface area contributed by atoms with Crippen molar-refractivity contribution < 1.29 is 24.5 Å². The summed E-state index contributed by atoms with van der Waals surface area (Å²) in [5.74, 6) is -0.0213. The van der Waals surface area contributed by atoms with Crippen LogP contribution in [-0.4, -0.2) is 47.4 Å². The quantitative estimate of drug-likeness (QED) is 0.0320. The third-order valence-electron chi connectivity index (χ3n) is 18.9. The average molecular weight is 1250 g/mol. The molecule has 0 aromatic rings. The van der Waals surface area contributed by atoms with Gasteiger partial charge in [-0.1, -0.05) is 390 Å². The molecule has 0 aromatic heterocycles. The average Bonchev–Trinajstić information content (AvgIpc) is 3.59. The Morgan fingerprint density at radius 1 is 0.315 bits per heavy atom. The van der Waals surface area contributed by atoms with E-state index in [9.17, 15) is 19.8 Å². The SMILES string of the molecule is CCCCC/C=C\C/C=C\CCCCCCCCCC(=O)OCCCCCCCCCCC/C=C\C/C=C\CCCCCCCCCCCCCCCCCCCC(=O)NC(CO)C(O)CCCCCCCCCCCCCCCCCCCCCCCC. The number of esters is 1. The van der Waals surface area contributed by atoms with Crippen LogP contribution in [0.1, 0.15) is 444 Å². The molecule has 0 saturated heterocycles. The van der Waals surface area contributed by atoms with Crippen molar-refractivity contribution >= 4 is 11.9 Å². The van der Waals surface area contributed by atoms with E-state index in [1.165, 1.54) is 353 Å². The molecule has 1 amide bonds. The number of carbonyl (C=O) groups is 2. The van der Waals surface area contributed by atoms with E-state index in [1.54, 1.807) is 0 Å². The van der Waals surface area contributed by atoms with Crippen molar-refractivity contribution in [2.24, 2.45) is 0 Å². The normalized spacial score (nSPS) is 12.7. The lowest BCUT2D eigenvalue weighted by atomic mass is 10.0. The summed E-state index contributed by atoms with van der Waals surface area (Å²) in [5.41, 5.74) is 0. The molecular formula is C83H157NO5. The highest BCUT2D eigenvalue weighted by atomic mass is 16.5. The smallest absolute Gasteiger partial charge is 0.305 e. The van der Waals surface area contributed by atoms with Crippen LogP contribution in [0.2, 0.25) is 0 Å². The van der Waals surface area contributed by atoms with Gasteiger partial charge in [0.1, 0.15) is 0 Å². The molecule has 0 saturated carbocycles. The summed E-state index contributed by atoms with van der Waals surface area (Å²) < 4.78 is 5.50. The van der Waals surface area contributed by atoms with Crippen LogP contribution in [0, 0.1) is 0 Å². The molecule has 0 bridgehead atoms. The minimum Gasteiger partial charge on any atom is -0.466 e. The van der Waals surface area contributed by atoms with E-state index in [-0.39, 0.29) is 18.5 Å². The first-order valence-electron chi connectivity index (χ1n) is 40.4. The zero-order valence-electron chi connectivity index (χ0n) is 60.2. The Balaban J connectivity index is 3.38. The molecule has 0 spiro atoms. The minimum absolute atomic E-state index is 0.00696. The molecule has 524 valence electrons. The highest BCUT2D eigenvalue weighted by Gasteiger charge is 2.20. The molecule has 3 N–H and O–H groups in total. The van der Waals surface area contributed by atoms with Crippen LogP contribution in [0.25, 0.3) is 0 Å². The standard InChI is InChI=1S/C83H157NO5/c1-3-5-7-9-11-13-15-17-19-21-22-23-37-40-44-47-51-55-59-63-67-71-75-81(86)80(79-85)84-82(87)76-72-68-64-60-56-52-48-45-41-38-35-33-31-29-27-25-24-26-28-30-32-34-36-39-42-46-50-54-58-62-66-70-74-78-89-83(88)77-73-69-65-61-57-53-49-43-20-18-16-14-12-10-8-6-4-2/h12,14,18,20,28,30,34,36,80-81,85-86H,3-11,13,15-17,19,21-27,29,31-33,35,37-79H2,1-2H3,(H,84,87)/b14-12-,20-18-,30-28-,36-34-. The van der Waals surface area contributed by atoms with Gasteiger partial charge in [-0.3, -0.25) is 9.59 Å². The lowest BCUT2D eigenvalue weighted by Gasteiger charge is -2.22. The molecule has 6 heteroatoms. The number of hydrogen-bond acceptors (Lipinski definition) is 5. The van der Waals surface area contributed by atoms with Gasteiger partial charge in [-0.05, 0) is 89.9 Å². The van der Waals surface area contributed by atoms with Gasteiger partial charge >= 0.3 is 5.97 Å². The van der Waals surface area contributed by atoms with Crippen molar-refractivity contribution in [2.75, 3.05) is 13.2 Å². The molecule has 0 fully saturated rings. The number of carbonyl (C=O) groups excluding carboxylic acids is 2. The lowest BCUT2D eigenvalue weighted by Crippen LogP contribution is -2.45. The Hall–Kier alpha value is -2.18. The maximum atomic E-state index is 12.6. The Morgan fingerprint density at radius 3 is 0.876 bits per heavy atom. The molecule has 6 nitrogen and oxygen atoms in total. The van der Waals surface area contributed by atoms with E-state index in [4.69, 9.17) is 4.74 Å². The van der Waals surface area contributed by atoms with Crippen molar-refractivity contribution in [1.29, 1.82) is 0 Å². The van der Waals surface area contributed by atoms with Gasteiger partial charge in [0.2, 0.25) is 5.91 Å². The van der Waals surface area contributed by atoms with Crippen molar-refractivity contribution in [3.63, 3.8) is 0 Å². The molecule has 0 rings (SSSR count). The van der Waals surface area contributed by atoms with E-state index < -0.39 is 12.1 Å². The van der Waals surface area contributed by atoms with Crippen molar-refractivity contribution in [3.8, 4) is 0 Å². The number of allylic oxidation sites excluding steroid dienone is 8. The van der Waals surface area contributed by atoms with Crippen molar-refractivity contribution in [2.45, 2.75) is 456 Å². The van der Waals surface area contributed by atoms with Crippen molar-refractivity contribution in [1.82, 2.24) is 5.32 Å². The van der Waals surface area contributed by atoms with Crippen LogP contribution in [0.5, 0.6) is 0 Å². The Bertz CT molecular complexity index is 1490. The monoisotopic (exact) mass is 1250 g/mol. The number of aliphatic hydroxyl groups excluding tert-OH is 2. The van der Waals surface area contributed by atoms with E-state index in [0.717, 1.165) is 57.8 Å². The second kappa shape index (κ2) is 78.3. The fourth-order valence-corrected chi connectivity index (χ4v) is 12.7. The second-order valence-corrected chi connectivity index (χ2v) is 27.7. The largest absolute Gasteiger partial charge is 0.466 e. The van der Waals surface area contributed by atoms with Gasteiger partial charge in [0, 0.05) is 12.8 Å². The Kier molecular flexibility index (Phi) is 76.3. The number of aliphatic hydroxyl groups is 2. The van der Waals surface area contributed by atoms with Crippen LogP contribution in [0.4, 0.5) is 0 Å². The van der Waals surface area contributed by atoms with E-state index in [2.05, 4.69) is 67.8 Å². The van der Waals surface area contributed by atoms with E-state index in [0.29, 0.717) is 25.9 Å². The maximum absolute atomic E-state index is 12.6. The predicted octanol–water partition coefficient (Wildman–Crippen LogP) is 26.8. The molecule has 2 atom stereocenters. The molecular weight excluding hydrogens is 1090 g/mol. The number of hydrogen-bond donors (Lipinski definition) is 3. The number of unbranched alkanes of at least 4 members (excludes halogenated alkanes) is 57. The van der Waals surface area contributed by atoms with Crippen LogP contribution in [0.3, 0.4) is 0 Å². The summed E-state index contributed by atoms with van der Waals surface area (Å²) in [7, 11) is 0. The summed E-state index contributed by atoms with van der Waals surface area (Å²) >= 11 is 0. The summed E-state index contributed by atoms with van der Waals surface area (Å²) in [5, 5.41) is 23.5. The number of nitrogens with one attached hydrogen (secondary N) is 1. The van der Waals surface area contributed by atoms with Gasteiger partial charge in [-0.2, -0.15) is 0 Å². The molecule has 0 aromatic carbocycles. The fourth-order valence-electron chi connectivity index (χ4n) is 12.7. The summed E-state index contributed by atoms with van der Waals surface area (Å²) in [4.78, 5) is 24.7. The Labute approximate surface area is 556 Å². The van der Waals surface area contributed by atoms with Gasteiger partial charge in [0.05, 0.1) is 25.4 Å². The summed E-state index contributed by atoms with van der Waals surface area (Å²) in [6, 6.07) is -0.542. The zero-order valence-corrected chi connectivity index (χ0v) is 60.2. The third kappa shape index (κ3) is 74.7. The third-order valence-corrected chi connectivity index (χ3v) is 18.9. The Morgan fingerprint density at radius 2 is 0.562 bits per heavy atom. The maximum Gasteiger partial charge on any atom is 0.305 e. The topological polar surface area (TPSA) is 95.9 Å². The number of amides is 1. The predicted molar refractivity (Wildman–Crippen MR) is 393 cm³/mol. The molecule has 0 aliphatic rings. The van der Waals surface area contributed by atoms with Gasteiger partial charge < -0.3 is 20.3 Å². The van der Waals surface area contributed by atoms with E-state index >= 15 is 0 Å². The number of rotatable bonds is 76. The van der Waals surface area contributed by atoms with Gasteiger partial charge in [0.25, 0.3) is 0 Å². The van der Waals surface area contributed by atoms with Crippen LogP contribution >= 0.6 is 0 Å². The molecule has 89 heavy (non-hydrogen) atoms. The minimum atomic E-state index is -0.665. The molecule has 0 aliphatic heterocycles. The summed E-state index contributed by atoms with van der Waals surface area (Å²) in [6.45, 7) is 4.97. The summed E-state index contributed by atoms with van der Waals surface area (Å²) in [6.07, 6.45) is 103. The first-order chi connectivity index (χ1) is 44.0. The molecule has 0 aliphatic carbocycles. The van der Waals surface area contributed by atoms with Gasteiger partial charge in [-0.25, -0.2) is 0 Å². The van der Waals surface area contributed by atoms with Crippen LogP contribution in [0.15, 0.2) is 48.6 Å². The highest BCUT2D eigenvalue weighted by molar-refractivity contribution is 5.76.